The fourth-order valence-electron chi connectivity index (χ4n) is 3.31. The predicted octanol–water partition coefficient (Wildman–Crippen LogP) is 4.47. The lowest BCUT2D eigenvalue weighted by atomic mass is 9.82. The van der Waals surface area contributed by atoms with Crippen molar-refractivity contribution >= 4 is 10.9 Å². The number of alkyl halides is 3. The molecule has 2 heterocycles. The Bertz CT molecular complexity index is 1130. The van der Waals surface area contributed by atoms with Gasteiger partial charge in [-0.3, -0.25) is 4.98 Å². The van der Waals surface area contributed by atoms with Gasteiger partial charge in [0.25, 0.3) is 0 Å². The molecule has 0 saturated carbocycles. The van der Waals surface area contributed by atoms with Crippen molar-refractivity contribution in [1.82, 2.24) is 4.98 Å². The van der Waals surface area contributed by atoms with Gasteiger partial charge in [0, 0.05) is 17.1 Å². The first-order chi connectivity index (χ1) is 12.9. The number of halogens is 3. The predicted molar refractivity (Wildman–Crippen MR) is 92.5 cm³/mol. The lowest BCUT2D eigenvalue weighted by Crippen LogP contribution is -2.21. The van der Waals surface area contributed by atoms with Gasteiger partial charge in [0.2, 0.25) is 5.88 Å². The van der Waals surface area contributed by atoms with Gasteiger partial charge in [0.05, 0.1) is 17.0 Å². The molecule has 0 radical (unpaired) electrons. The quantitative estimate of drug-likeness (QED) is 0.689. The van der Waals surface area contributed by atoms with E-state index in [0.717, 1.165) is 12.1 Å². The van der Waals surface area contributed by atoms with E-state index in [1.165, 1.54) is 6.07 Å². The molecule has 1 aliphatic heterocycles. The average Bonchev–Trinajstić information content (AvgIpc) is 2.66. The van der Waals surface area contributed by atoms with Crippen LogP contribution in [0.4, 0.5) is 13.2 Å². The van der Waals surface area contributed by atoms with E-state index in [1.807, 2.05) is 6.07 Å². The smallest absolute Gasteiger partial charge is 0.416 e. The Labute approximate surface area is 152 Å². The van der Waals surface area contributed by atoms with Crippen LogP contribution in [0, 0.1) is 11.3 Å². The second-order valence-electron chi connectivity index (χ2n) is 6.10. The largest absolute Gasteiger partial charge is 0.439 e. The summed E-state index contributed by atoms with van der Waals surface area (Å²) in [6.07, 6.45) is -2.86. The Morgan fingerprint density at radius 3 is 2.67 bits per heavy atom. The normalized spacial score (nSPS) is 16.6. The topological polar surface area (TPSA) is 71.9 Å². The molecule has 1 unspecified atom stereocenters. The molecular formula is C20H12F3N3O. The van der Waals surface area contributed by atoms with E-state index in [-0.39, 0.29) is 11.5 Å². The van der Waals surface area contributed by atoms with Gasteiger partial charge in [-0.05, 0) is 29.8 Å². The minimum atomic E-state index is -4.49. The lowest BCUT2D eigenvalue weighted by Gasteiger charge is -2.27. The van der Waals surface area contributed by atoms with Crippen LogP contribution in [0.25, 0.3) is 10.9 Å². The van der Waals surface area contributed by atoms with Crippen molar-refractivity contribution in [2.24, 2.45) is 5.73 Å². The standard InChI is InChI=1S/C20H12F3N3O/c21-20(22,23)12-4-1-3-11(9-12)17-14-6-7-16-13(5-2-8-26-16)18(14)27-19(25)15(17)10-24/h1-9,17H,25H2. The maximum Gasteiger partial charge on any atom is 0.416 e. The van der Waals surface area contributed by atoms with Gasteiger partial charge in [-0.2, -0.15) is 18.4 Å². The van der Waals surface area contributed by atoms with Crippen LogP contribution in [0.1, 0.15) is 22.6 Å². The zero-order valence-electron chi connectivity index (χ0n) is 13.8. The van der Waals surface area contributed by atoms with Gasteiger partial charge in [0.1, 0.15) is 17.4 Å². The van der Waals surface area contributed by atoms with Crippen molar-refractivity contribution in [2.75, 3.05) is 0 Å². The first-order valence-electron chi connectivity index (χ1n) is 8.02. The third-order valence-electron chi connectivity index (χ3n) is 4.51. The highest BCUT2D eigenvalue weighted by Crippen LogP contribution is 2.45. The number of ether oxygens (including phenoxy) is 1. The number of nitrogens with zero attached hydrogens (tertiary/aromatic N) is 2. The molecule has 7 heteroatoms. The molecule has 4 rings (SSSR count). The van der Waals surface area contributed by atoms with Crippen molar-refractivity contribution < 1.29 is 17.9 Å². The number of nitriles is 1. The van der Waals surface area contributed by atoms with E-state index in [4.69, 9.17) is 10.5 Å². The minimum absolute atomic E-state index is 0.0741. The molecule has 27 heavy (non-hydrogen) atoms. The number of rotatable bonds is 1. The van der Waals surface area contributed by atoms with Crippen LogP contribution in [0.15, 0.2) is 66.2 Å². The van der Waals surface area contributed by atoms with E-state index >= 15 is 0 Å². The van der Waals surface area contributed by atoms with E-state index in [1.54, 1.807) is 36.5 Å². The maximum absolute atomic E-state index is 13.2. The molecule has 4 nitrogen and oxygen atoms in total. The van der Waals surface area contributed by atoms with Crippen LogP contribution in [-0.2, 0) is 6.18 Å². The Balaban J connectivity index is 1.98. The zero-order chi connectivity index (χ0) is 19.2. The summed E-state index contributed by atoms with van der Waals surface area (Å²) >= 11 is 0. The van der Waals surface area contributed by atoms with Crippen molar-refractivity contribution in [3.05, 3.63) is 82.9 Å². The molecule has 1 atom stereocenters. The number of pyridine rings is 1. The van der Waals surface area contributed by atoms with Gasteiger partial charge in [0.15, 0.2) is 0 Å². The summed E-state index contributed by atoms with van der Waals surface area (Å²) in [5, 5.41) is 10.2. The Morgan fingerprint density at radius 1 is 1.11 bits per heavy atom. The van der Waals surface area contributed by atoms with Crippen LogP contribution in [0.3, 0.4) is 0 Å². The molecule has 0 saturated heterocycles. The highest BCUT2D eigenvalue weighted by molar-refractivity contribution is 5.88. The first kappa shape index (κ1) is 16.9. The van der Waals surface area contributed by atoms with Crippen molar-refractivity contribution in [1.29, 1.82) is 5.26 Å². The van der Waals surface area contributed by atoms with Crippen molar-refractivity contribution in [3.63, 3.8) is 0 Å². The number of hydrogen-bond acceptors (Lipinski definition) is 4. The highest BCUT2D eigenvalue weighted by atomic mass is 19.4. The molecule has 0 amide bonds. The molecule has 0 fully saturated rings. The Morgan fingerprint density at radius 2 is 1.93 bits per heavy atom. The zero-order valence-corrected chi connectivity index (χ0v) is 13.8. The highest BCUT2D eigenvalue weighted by Gasteiger charge is 2.35. The van der Waals surface area contributed by atoms with Crippen LogP contribution in [-0.4, -0.2) is 4.98 Å². The SMILES string of the molecule is N#CC1=C(N)Oc2c(ccc3ncccc23)C1c1cccc(C(F)(F)F)c1. The van der Waals surface area contributed by atoms with Crippen molar-refractivity contribution in [2.45, 2.75) is 12.1 Å². The molecular weight excluding hydrogens is 355 g/mol. The van der Waals surface area contributed by atoms with E-state index in [2.05, 4.69) is 4.98 Å². The summed E-state index contributed by atoms with van der Waals surface area (Å²) < 4.78 is 45.2. The van der Waals surface area contributed by atoms with Crippen LogP contribution in [0.5, 0.6) is 5.75 Å². The second kappa shape index (κ2) is 6.02. The van der Waals surface area contributed by atoms with Gasteiger partial charge in [-0.15, -0.1) is 0 Å². The van der Waals surface area contributed by atoms with E-state index < -0.39 is 17.7 Å². The number of fused-ring (bicyclic) bond motifs is 3. The summed E-state index contributed by atoms with van der Waals surface area (Å²) in [5.41, 5.74) is 6.77. The molecule has 2 aromatic carbocycles. The molecule has 0 spiro atoms. The van der Waals surface area contributed by atoms with E-state index in [0.29, 0.717) is 27.8 Å². The number of allylic oxidation sites excluding steroid dienone is 1. The van der Waals surface area contributed by atoms with Gasteiger partial charge >= 0.3 is 6.18 Å². The number of hydrogen-bond donors (Lipinski definition) is 1. The molecule has 134 valence electrons. The summed E-state index contributed by atoms with van der Waals surface area (Å²) in [5.74, 6) is -0.478. The van der Waals surface area contributed by atoms with Gasteiger partial charge in [-0.1, -0.05) is 24.3 Å². The average molecular weight is 367 g/mol. The fraction of sp³-hybridized carbons (Fsp3) is 0.100. The molecule has 1 aliphatic rings. The molecule has 1 aromatic heterocycles. The number of benzene rings is 2. The molecule has 0 aliphatic carbocycles. The maximum atomic E-state index is 13.2. The lowest BCUT2D eigenvalue weighted by molar-refractivity contribution is -0.137. The molecule has 0 bridgehead atoms. The van der Waals surface area contributed by atoms with E-state index in [9.17, 15) is 18.4 Å². The van der Waals surface area contributed by atoms with Crippen molar-refractivity contribution in [3.8, 4) is 11.8 Å². The summed E-state index contributed by atoms with van der Waals surface area (Å²) in [6, 6.07) is 13.9. The monoisotopic (exact) mass is 367 g/mol. The first-order valence-corrected chi connectivity index (χ1v) is 8.02. The molecule has 2 N–H and O–H groups in total. The Kier molecular flexibility index (Phi) is 3.77. The van der Waals surface area contributed by atoms with Crippen LogP contribution < -0.4 is 10.5 Å². The third-order valence-corrected chi connectivity index (χ3v) is 4.51. The minimum Gasteiger partial charge on any atom is -0.439 e. The van der Waals surface area contributed by atoms with Gasteiger partial charge in [-0.25, -0.2) is 0 Å². The number of nitrogens with two attached hydrogens (primary N) is 1. The second-order valence-corrected chi connectivity index (χ2v) is 6.10. The molecule has 3 aromatic rings. The van der Waals surface area contributed by atoms with Crippen LogP contribution in [0.2, 0.25) is 0 Å². The Hall–Kier alpha value is -3.53. The van der Waals surface area contributed by atoms with Crippen LogP contribution >= 0.6 is 0 Å². The number of aromatic nitrogens is 1. The summed E-state index contributed by atoms with van der Waals surface area (Å²) in [4.78, 5) is 4.25. The van der Waals surface area contributed by atoms with Gasteiger partial charge < -0.3 is 10.5 Å². The summed E-state index contributed by atoms with van der Waals surface area (Å²) in [6.45, 7) is 0. The summed E-state index contributed by atoms with van der Waals surface area (Å²) in [7, 11) is 0. The third kappa shape index (κ3) is 2.75. The fourth-order valence-corrected chi connectivity index (χ4v) is 3.31.